The molecule has 19 heavy (non-hydrogen) atoms. The molecule has 2 aromatic rings. The van der Waals surface area contributed by atoms with Crippen molar-refractivity contribution in [1.82, 2.24) is 4.98 Å². The van der Waals surface area contributed by atoms with E-state index >= 15 is 0 Å². The minimum atomic E-state index is -0.193. The van der Waals surface area contributed by atoms with Crippen molar-refractivity contribution in [3.63, 3.8) is 0 Å². The van der Waals surface area contributed by atoms with Crippen LogP contribution < -0.4 is 5.32 Å². The zero-order valence-electron chi connectivity index (χ0n) is 10.5. The second-order valence-corrected chi connectivity index (χ2v) is 4.11. The van der Waals surface area contributed by atoms with Crippen molar-refractivity contribution in [3.8, 4) is 0 Å². The highest BCUT2D eigenvalue weighted by Crippen LogP contribution is 2.29. The molecule has 0 bridgehead atoms. The van der Waals surface area contributed by atoms with Gasteiger partial charge in [-0.05, 0) is 18.1 Å². The van der Waals surface area contributed by atoms with Crippen molar-refractivity contribution < 1.29 is 19.1 Å². The van der Waals surface area contributed by atoms with E-state index in [0.717, 1.165) is 0 Å². The van der Waals surface area contributed by atoms with E-state index in [1.807, 2.05) is 6.92 Å². The lowest BCUT2D eigenvalue weighted by Gasteiger charge is -2.02. The molecule has 0 saturated carbocycles. The summed E-state index contributed by atoms with van der Waals surface area (Å²) in [6.45, 7) is 1.72. The first-order chi connectivity index (χ1) is 9.19. The van der Waals surface area contributed by atoms with Gasteiger partial charge in [-0.3, -0.25) is 14.6 Å². The number of fused-ring (bicyclic) bond motifs is 1. The quantitative estimate of drug-likeness (QED) is 0.802. The number of hydrogen-bond acceptors (Lipinski definition) is 5. The highest BCUT2D eigenvalue weighted by molar-refractivity contribution is 6.04. The average molecular weight is 262 g/mol. The fourth-order valence-electron chi connectivity index (χ4n) is 1.76. The van der Waals surface area contributed by atoms with Gasteiger partial charge in [-0.15, -0.1) is 0 Å². The van der Waals surface area contributed by atoms with E-state index in [-0.39, 0.29) is 24.0 Å². The van der Waals surface area contributed by atoms with E-state index in [4.69, 9.17) is 9.52 Å². The molecule has 0 unspecified atom stereocenters. The van der Waals surface area contributed by atoms with E-state index in [9.17, 15) is 9.59 Å². The van der Waals surface area contributed by atoms with E-state index in [2.05, 4.69) is 10.3 Å². The summed E-state index contributed by atoms with van der Waals surface area (Å²) < 4.78 is 5.31. The Bertz CT molecular complexity index is 618. The molecule has 6 nitrogen and oxygen atoms in total. The number of nitrogens with zero attached hydrogens (tertiary/aromatic N) is 1. The van der Waals surface area contributed by atoms with Crippen molar-refractivity contribution >= 4 is 29.0 Å². The van der Waals surface area contributed by atoms with Gasteiger partial charge in [0.25, 0.3) is 0 Å². The predicted molar refractivity (Wildman–Crippen MR) is 68.9 cm³/mol. The van der Waals surface area contributed by atoms with Crippen LogP contribution in [0.1, 0.15) is 35.9 Å². The second-order valence-electron chi connectivity index (χ2n) is 4.11. The maximum absolute atomic E-state index is 11.6. The van der Waals surface area contributed by atoms with Crippen LogP contribution in [-0.4, -0.2) is 22.3 Å². The van der Waals surface area contributed by atoms with Gasteiger partial charge in [-0.2, -0.15) is 0 Å². The SMILES string of the molecule is CCCC(=O)Nc1c(C=O)oc2cc(CO)cnc12. The van der Waals surface area contributed by atoms with Gasteiger partial charge in [0.2, 0.25) is 5.91 Å². The molecule has 2 aromatic heterocycles. The lowest BCUT2D eigenvalue weighted by molar-refractivity contribution is -0.116. The molecular weight excluding hydrogens is 248 g/mol. The Labute approximate surface area is 109 Å². The third-order valence-corrected chi connectivity index (χ3v) is 2.64. The summed E-state index contributed by atoms with van der Waals surface area (Å²) in [7, 11) is 0. The van der Waals surface area contributed by atoms with Gasteiger partial charge in [-0.25, -0.2) is 0 Å². The fraction of sp³-hybridized carbons (Fsp3) is 0.308. The van der Waals surface area contributed by atoms with Crippen molar-refractivity contribution in [2.24, 2.45) is 0 Å². The number of aliphatic hydroxyl groups excluding tert-OH is 1. The third-order valence-electron chi connectivity index (χ3n) is 2.64. The number of carbonyl (C=O) groups excluding carboxylic acids is 2. The number of aldehydes is 1. The van der Waals surface area contributed by atoms with Crippen LogP contribution in [0.2, 0.25) is 0 Å². The van der Waals surface area contributed by atoms with Gasteiger partial charge in [0.05, 0.1) is 6.61 Å². The number of pyridine rings is 1. The van der Waals surface area contributed by atoms with Crippen LogP contribution in [-0.2, 0) is 11.4 Å². The van der Waals surface area contributed by atoms with Gasteiger partial charge in [-0.1, -0.05) is 6.92 Å². The summed E-state index contributed by atoms with van der Waals surface area (Å²) in [5, 5.41) is 11.7. The predicted octanol–water partition coefficient (Wildman–Crippen LogP) is 1.87. The average Bonchev–Trinajstić information content (AvgIpc) is 2.76. The van der Waals surface area contributed by atoms with Crippen LogP contribution in [0, 0.1) is 0 Å². The second kappa shape index (κ2) is 5.62. The molecule has 2 rings (SSSR count). The van der Waals surface area contributed by atoms with E-state index in [1.165, 1.54) is 6.20 Å². The number of anilines is 1. The molecule has 0 spiro atoms. The number of carbonyl (C=O) groups is 2. The molecule has 0 aliphatic carbocycles. The Morgan fingerprint density at radius 1 is 1.58 bits per heavy atom. The summed E-state index contributed by atoms with van der Waals surface area (Å²) in [6, 6.07) is 1.59. The third kappa shape index (κ3) is 2.63. The molecular formula is C13H14N2O4. The maximum atomic E-state index is 11.6. The van der Waals surface area contributed by atoms with Crippen molar-refractivity contribution in [3.05, 3.63) is 23.6 Å². The number of aliphatic hydroxyl groups is 1. The van der Waals surface area contributed by atoms with Crippen molar-refractivity contribution in [1.29, 1.82) is 0 Å². The number of amides is 1. The monoisotopic (exact) mass is 262 g/mol. The Kier molecular flexibility index (Phi) is 3.91. The molecule has 2 N–H and O–H groups in total. The molecule has 0 saturated heterocycles. The number of hydrogen-bond donors (Lipinski definition) is 2. The molecule has 0 atom stereocenters. The number of nitrogens with one attached hydrogen (secondary N) is 1. The normalized spacial score (nSPS) is 10.6. The van der Waals surface area contributed by atoms with Crippen LogP contribution in [0.5, 0.6) is 0 Å². The van der Waals surface area contributed by atoms with Crippen molar-refractivity contribution in [2.45, 2.75) is 26.4 Å². The van der Waals surface area contributed by atoms with E-state index in [1.54, 1.807) is 6.07 Å². The number of furan rings is 1. The molecule has 0 aliphatic heterocycles. The van der Waals surface area contributed by atoms with Gasteiger partial charge in [0.15, 0.2) is 17.6 Å². The van der Waals surface area contributed by atoms with Crippen LogP contribution in [0.3, 0.4) is 0 Å². The number of aromatic nitrogens is 1. The van der Waals surface area contributed by atoms with Crippen LogP contribution in [0.4, 0.5) is 5.69 Å². The zero-order valence-corrected chi connectivity index (χ0v) is 10.5. The summed E-state index contributed by atoms with van der Waals surface area (Å²) in [5.74, 6) is -0.164. The number of rotatable bonds is 5. The molecule has 0 radical (unpaired) electrons. The molecule has 0 fully saturated rings. The van der Waals surface area contributed by atoms with E-state index < -0.39 is 0 Å². The van der Waals surface area contributed by atoms with Gasteiger partial charge in [0, 0.05) is 12.6 Å². The van der Waals surface area contributed by atoms with Crippen LogP contribution in [0.15, 0.2) is 16.7 Å². The first kappa shape index (κ1) is 13.2. The first-order valence-electron chi connectivity index (χ1n) is 5.97. The Balaban J connectivity index is 2.45. The minimum absolute atomic E-state index is 0.0297. The zero-order chi connectivity index (χ0) is 13.8. The van der Waals surface area contributed by atoms with Gasteiger partial charge >= 0.3 is 0 Å². The van der Waals surface area contributed by atoms with Gasteiger partial charge < -0.3 is 14.8 Å². The van der Waals surface area contributed by atoms with Crippen molar-refractivity contribution in [2.75, 3.05) is 5.32 Å². The highest BCUT2D eigenvalue weighted by Gasteiger charge is 2.17. The maximum Gasteiger partial charge on any atom is 0.224 e. The van der Waals surface area contributed by atoms with E-state index in [0.29, 0.717) is 35.8 Å². The standard InChI is InChI=1S/C13H14N2O4/c1-2-3-11(18)15-13-10(7-17)19-9-4-8(6-16)5-14-12(9)13/h4-5,7,16H,2-3,6H2,1H3,(H,15,18). The lowest BCUT2D eigenvalue weighted by Crippen LogP contribution is -2.11. The Hall–Kier alpha value is -2.21. The summed E-state index contributed by atoms with van der Waals surface area (Å²) in [4.78, 5) is 26.7. The molecule has 2 heterocycles. The molecule has 6 heteroatoms. The fourth-order valence-corrected chi connectivity index (χ4v) is 1.76. The molecule has 100 valence electrons. The first-order valence-corrected chi connectivity index (χ1v) is 5.97. The minimum Gasteiger partial charge on any atom is -0.449 e. The van der Waals surface area contributed by atoms with Gasteiger partial charge in [0.1, 0.15) is 11.2 Å². The van der Waals surface area contributed by atoms with Crippen LogP contribution >= 0.6 is 0 Å². The molecule has 0 aliphatic rings. The highest BCUT2D eigenvalue weighted by atomic mass is 16.3. The summed E-state index contributed by atoms with van der Waals surface area (Å²) in [5.41, 5.74) is 1.63. The lowest BCUT2D eigenvalue weighted by atomic mass is 10.2. The van der Waals surface area contributed by atoms with Crippen LogP contribution in [0.25, 0.3) is 11.1 Å². The topological polar surface area (TPSA) is 92.4 Å². The summed E-state index contributed by atoms with van der Waals surface area (Å²) >= 11 is 0. The summed E-state index contributed by atoms with van der Waals surface area (Å²) in [6.07, 6.45) is 3.07. The smallest absolute Gasteiger partial charge is 0.224 e. The Morgan fingerprint density at radius 3 is 3.00 bits per heavy atom. The Morgan fingerprint density at radius 2 is 2.37 bits per heavy atom. The molecule has 0 aromatic carbocycles. The molecule has 1 amide bonds. The largest absolute Gasteiger partial charge is 0.449 e.